The Morgan fingerprint density at radius 2 is 1.45 bits per heavy atom. The largest absolute Gasteiger partial charge is 0.423 e. The number of benzene rings is 3. The highest BCUT2D eigenvalue weighted by Crippen LogP contribution is 2.22. The summed E-state index contributed by atoms with van der Waals surface area (Å²) in [4.78, 5) is 36.7. The highest BCUT2D eigenvalue weighted by Gasteiger charge is 2.35. The summed E-state index contributed by atoms with van der Waals surface area (Å²) in [5.41, 5.74) is 1.75. The minimum Gasteiger partial charge on any atom is -0.423 e. The number of hydrogen-bond donors (Lipinski definition) is 0. The predicted molar refractivity (Wildman–Crippen MR) is 110 cm³/mol. The van der Waals surface area contributed by atoms with Crippen LogP contribution in [0, 0.1) is 0 Å². The number of ether oxygens (including phenoxy) is 1. The van der Waals surface area contributed by atoms with Crippen LogP contribution in [0.1, 0.15) is 36.6 Å². The normalized spacial score (nSPS) is 13.1. The van der Waals surface area contributed by atoms with Crippen molar-refractivity contribution in [3.8, 4) is 5.75 Å². The van der Waals surface area contributed by atoms with Gasteiger partial charge in [0.05, 0.1) is 22.9 Å². The van der Waals surface area contributed by atoms with Crippen LogP contribution in [-0.2, 0) is 0 Å². The highest BCUT2D eigenvalue weighted by atomic mass is 79.9. The summed E-state index contributed by atoms with van der Waals surface area (Å²) in [6.07, 6.45) is 1.40. The topological polar surface area (TPSA) is 76.0 Å². The van der Waals surface area contributed by atoms with Gasteiger partial charge in [0.15, 0.2) is 0 Å². The average molecular weight is 449 g/mol. The summed E-state index contributed by atoms with van der Waals surface area (Å²) in [6.45, 7) is 0. The lowest BCUT2D eigenvalue weighted by Gasteiger charge is -2.06. The first-order valence-corrected chi connectivity index (χ1v) is 9.42. The van der Waals surface area contributed by atoms with Crippen molar-refractivity contribution in [2.75, 3.05) is 0 Å². The molecule has 2 amide bonds. The van der Waals surface area contributed by atoms with Crippen LogP contribution in [0.3, 0.4) is 0 Å². The molecule has 0 saturated heterocycles. The first-order valence-electron chi connectivity index (χ1n) is 8.62. The molecule has 0 aromatic heterocycles. The molecule has 1 heterocycles. The van der Waals surface area contributed by atoms with Crippen molar-refractivity contribution in [2.45, 2.75) is 0 Å². The molecule has 3 aromatic carbocycles. The molecule has 0 fully saturated rings. The van der Waals surface area contributed by atoms with Crippen molar-refractivity contribution in [1.29, 1.82) is 0 Å². The summed E-state index contributed by atoms with van der Waals surface area (Å²) in [6, 6.07) is 20.0. The molecule has 29 heavy (non-hydrogen) atoms. The molecule has 0 saturated carbocycles. The summed E-state index contributed by atoms with van der Waals surface area (Å²) in [5.74, 6) is -1.01. The maximum Gasteiger partial charge on any atom is 0.343 e. The molecular formula is C22H13BrN2O4. The molecule has 142 valence electrons. The van der Waals surface area contributed by atoms with E-state index >= 15 is 0 Å². The number of esters is 1. The van der Waals surface area contributed by atoms with E-state index in [1.54, 1.807) is 72.8 Å². The molecule has 7 heteroatoms. The maximum absolute atomic E-state index is 12.3. The number of hydrazone groups is 1. The number of nitrogens with zero attached hydrogens (tertiary/aromatic N) is 2. The van der Waals surface area contributed by atoms with Gasteiger partial charge < -0.3 is 4.74 Å². The quantitative estimate of drug-likeness (QED) is 0.258. The number of halogens is 1. The van der Waals surface area contributed by atoms with Crippen molar-refractivity contribution < 1.29 is 19.1 Å². The van der Waals surface area contributed by atoms with Gasteiger partial charge in [0.2, 0.25) is 0 Å². The first-order chi connectivity index (χ1) is 14.0. The minimum absolute atomic E-state index is 0.338. The molecule has 1 aliphatic rings. The maximum atomic E-state index is 12.3. The van der Waals surface area contributed by atoms with Crippen molar-refractivity contribution in [3.05, 3.63) is 99.5 Å². The fourth-order valence-electron chi connectivity index (χ4n) is 2.78. The van der Waals surface area contributed by atoms with Gasteiger partial charge in [-0.15, -0.1) is 0 Å². The van der Waals surface area contributed by atoms with Gasteiger partial charge in [-0.2, -0.15) is 10.1 Å². The molecule has 0 unspecified atom stereocenters. The summed E-state index contributed by atoms with van der Waals surface area (Å²) >= 11 is 3.31. The monoisotopic (exact) mass is 448 g/mol. The van der Waals surface area contributed by atoms with Crippen molar-refractivity contribution in [1.82, 2.24) is 5.01 Å². The molecule has 3 aromatic rings. The Hall–Kier alpha value is -3.58. The summed E-state index contributed by atoms with van der Waals surface area (Å²) in [5, 5.41) is 4.85. The number of fused-ring (bicyclic) bond motifs is 1. The number of hydrogen-bond acceptors (Lipinski definition) is 5. The fourth-order valence-corrected chi connectivity index (χ4v) is 3.04. The van der Waals surface area contributed by atoms with Crippen LogP contribution in [0.25, 0.3) is 0 Å². The molecule has 0 bridgehead atoms. The standard InChI is InChI=1S/C22H13BrN2O4/c23-16-9-7-15(8-10-16)22(28)29-17-11-5-14(6-12-17)13-24-25-20(26)18-3-1-2-4-19(18)21(25)27/h1-13H/b24-13+. The van der Waals surface area contributed by atoms with Gasteiger partial charge in [0.1, 0.15) is 5.75 Å². The molecule has 0 atom stereocenters. The Labute approximate surface area is 174 Å². The molecule has 1 aliphatic heterocycles. The lowest BCUT2D eigenvalue weighted by atomic mass is 10.1. The van der Waals surface area contributed by atoms with Gasteiger partial charge >= 0.3 is 5.97 Å². The Kier molecular flexibility index (Phi) is 5.05. The third-order valence-corrected chi connectivity index (χ3v) is 4.79. The van der Waals surface area contributed by atoms with E-state index in [-0.39, 0.29) is 0 Å². The van der Waals surface area contributed by atoms with Crippen LogP contribution in [0.15, 0.2) is 82.4 Å². The van der Waals surface area contributed by atoms with Crippen LogP contribution in [-0.4, -0.2) is 29.0 Å². The molecule has 4 rings (SSSR count). The van der Waals surface area contributed by atoms with E-state index < -0.39 is 17.8 Å². The average Bonchev–Trinajstić information content (AvgIpc) is 2.98. The van der Waals surface area contributed by atoms with E-state index in [1.807, 2.05) is 0 Å². The Bertz CT molecular complexity index is 1100. The number of carbonyl (C=O) groups is 3. The smallest absolute Gasteiger partial charge is 0.343 e. The second-order valence-electron chi connectivity index (χ2n) is 6.18. The second kappa shape index (κ2) is 7.81. The van der Waals surface area contributed by atoms with Gasteiger partial charge in [0, 0.05) is 4.47 Å². The van der Waals surface area contributed by atoms with Gasteiger partial charge in [0.25, 0.3) is 11.8 Å². The SMILES string of the molecule is O=C(Oc1ccc(/C=N/N2C(=O)c3ccccc3C2=O)cc1)c1ccc(Br)cc1. The Morgan fingerprint density at radius 1 is 0.862 bits per heavy atom. The van der Waals surface area contributed by atoms with E-state index in [4.69, 9.17) is 4.74 Å². The Balaban J connectivity index is 1.43. The number of amides is 2. The molecular weight excluding hydrogens is 436 g/mol. The minimum atomic E-state index is -0.468. The lowest BCUT2D eigenvalue weighted by Crippen LogP contribution is -2.23. The van der Waals surface area contributed by atoms with Crippen LogP contribution in [0.4, 0.5) is 0 Å². The zero-order chi connectivity index (χ0) is 20.4. The zero-order valence-electron chi connectivity index (χ0n) is 14.9. The molecule has 0 N–H and O–H groups in total. The van der Waals surface area contributed by atoms with Gasteiger partial charge in [-0.3, -0.25) is 9.59 Å². The van der Waals surface area contributed by atoms with Crippen LogP contribution in [0.2, 0.25) is 0 Å². The van der Waals surface area contributed by atoms with E-state index in [0.29, 0.717) is 28.0 Å². The molecule has 0 aliphatic carbocycles. The second-order valence-corrected chi connectivity index (χ2v) is 7.09. The van der Waals surface area contributed by atoms with Crippen molar-refractivity contribution in [2.24, 2.45) is 5.10 Å². The Morgan fingerprint density at radius 3 is 2.03 bits per heavy atom. The van der Waals surface area contributed by atoms with E-state index in [9.17, 15) is 14.4 Å². The van der Waals surface area contributed by atoms with E-state index in [2.05, 4.69) is 21.0 Å². The third kappa shape index (κ3) is 3.86. The van der Waals surface area contributed by atoms with Crippen molar-refractivity contribution in [3.63, 3.8) is 0 Å². The summed E-state index contributed by atoms with van der Waals surface area (Å²) < 4.78 is 6.20. The third-order valence-electron chi connectivity index (χ3n) is 4.27. The van der Waals surface area contributed by atoms with Crippen LogP contribution >= 0.6 is 15.9 Å². The number of rotatable bonds is 4. The van der Waals surface area contributed by atoms with Gasteiger partial charge in [-0.1, -0.05) is 28.1 Å². The fraction of sp³-hybridized carbons (Fsp3) is 0. The van der Waals surface area contributed by atoms with Gasteiger partial charge in [-0.25, -0.2) is 4.79 Å². The molecule has 0 radical (unpaired) electrons. The van der Waals surface area contributed by atoms with Crippen LogP contribution in [0.5, 0.6) is 5.75 Å². The predicted octanol–water partition coefficient (Wildman–Crippen LogP) is 4.30. The highest BCUT2D eigenvalue weighted by molar-refractivity contribution is 9.10. The van der Waals surface area contributed by atoms with Crippen LogP contribution < -0.4 is 4.74 Å². The van der Waals surface area contributed by atoms with E-state index in [0.717, 1.165) is 9.48 Å². The van der Waals surface area contributed by atoms with Gasteiger partial charge in [-0.05, 0) is 66.2 Å². The zero-order valence-corrected chi connectivity index (χ0v) is 16.5. The van der Waals surface area contributed by atoms with Crippen molar-refractivity contribution >= 4 is 39.9 Å². The van der Waals surface area contributed by atoms with E-state index in [1.165, 1.54) is 6.21 Å². The first kappa shape index (κ1) is 18.8. The number of carbonyl (C=O) groups excluding carboxylic acids is 3. The lowest BCUT2D eigenvalue weighted by molar-refractivity contribution is 0.0658. The number of imide groups is 1. The molecule has 0 spiro atoms. The molecule has 6 nitrogen and oxygen atoms in total. The summed E-state index contributed by atoms with van der Waals surface area (Å²) in [7, 11) is 0.